The molecular formula is C33H46N2O4. The third kappa shape index (κ3) is 3.69. The highest BCUT2D eigenvalue weighted by Crippen LogP contribution is 2.74. The predicted molar refractivity (Wildman–Crippen MR) is 151 cm³/mol. The van der Waals surface area contributed by atoms with Crippen molar-refractivity contribution in [1.82, 2.24) is 10.2 Å². The number of amides is 1. The summed E-state index contributed by atoms with van der Waals surface area (Å²) >= 11 is 0. The normalized spacial score (nSPS) is 37.0. The van der Waals surface area contributed by atoms with Gasteiger partial charge >= 0.3 is 0 Å². The molecule has 6 heteroatoms. The number of rotatable bonds is 12. The summed E-state index contributed by atoms with van der Waals surface area (Å²) < 4.78 is 6.60. The Morgan fingerprint density at radius 2 is 1.87 bits per heavy atom. The van der Waals surface area contributed by atoms with E-state index in [1.807, 2.05) is 6.08 Å². The van der Waals surface area contributed by atoms with E-state index in [1.54, 1.807) is 6.07 Å². The molecule has 6 atom stereocenters. The Kier molecular flexibility index (Phi) is 6.31. The van der Waals surface area contributed by atoms with Crippen molar-refractivity contribution >= 4 is 5.91 Å². The number of hydrogen-bond acceptors (Lipinski definition) is 5. The molecular weight excluding hydrogens is 488 g/mol. The number of benzene rings is 1. The number of fused-ring (bicyclic) bond motifs is 1. The fourth-order valence-electron chi connectivity index (χ4n) is 9.38. The van der Waals surface area contributed by atoms with Gasteiger partial charge in [-0.3, -0.25) is 9.69 Å². The molecule has 0 aromatic heterocycles. The zero-order chi connectivity index (χ0) is 26.8. The molecule has 0 radical (unpaired) electrons. The minimum Gasteiger partial charge on any atom is -0.504 e. The number of nitrogens with one attached hydrogen (secondary N) is 1. The van der Waals surface area contributed by atoms with Crippen LogP contribution in [0.4, 0.5) is 0 Å². The van der Waals surface area contributed by atoms with Gasteiger partial charge in [0.05, 0.1) is 11.3 Å². The van der Waals surface area contributed by atoms with Crippen LogP contribution in [0.15, 0.2) is 24.3 Å². The highest BCUT2D eigenvalue weighted by Gasteiger charge is 2.79. The Bertz CT molecular complexity index is 1160. The molecule has 1 unspecified atom stereocenters. The van der Waals surface area contributed by atoms with Crippen molar-refractivity contribution in [3.63, 3.8) is 0 Å². The topological polar surface area (TPSA) is 82.0 Å². The highest BCUT2D eigenvalue weighted by molar-refractivity contribution is 5.82. The molecule has 3 N–H and O–H groups in total. The molecule has 1 aromatic carbocycles. The SMILES string of the molecule is CCCCCCCCCCNC(=O)[C@H]1C[C@@]23C=CC1(O)[C@@H]1Oc4c(O)ccc5c4[C@@]12CCN(CC1CC1)[C@@H]3C5. The maximum Gasteiger partial charge on any atom is 0.226 e. The van der Waals surface area contributed by atoms with E-state index in [1.165, 1.54) is 56.9 Å². The van der Waals surface area contributed by atoms with E-state index in [4.69, 9.17) is 4.74 Å². The van der Waals surface area contributed by atoms with Crippen LogP contribution >= 0.6 is 0 Å². The number of likely N-dealkylation sites (tertiary alicyclic amines) is 1. The number of ether oxygens (including phenoxy) is 1. The first-order valence-electron chi connectivity index (χ1n) is 15.9. The van der Waals surface area contributed by atoms with Gasteiger partial charge in [-0.2, -0.15) is 0 Å². The standard InChI is InChI=1S/C33H46N2O4/c1-2-3-4-5-6-7-8-9-17-34-29(37)24-20-31-14-15-33(24,38)30-32(31)16-18-35(21-22-10-11-22)26(31)19-23-12-13-25(36)28(39-30)27(23)32/h12-15,22,24,26,30,36,38H,2-11,16-21H2,1H3,(H,34,37)/t24-,26-,30-,31-,32+,33?/m1/s1. The number of aromatic hydroxyl groups is 1. The monoisotopic (exact) mass is 534 g/mol. The molecule has 212 valence electrons. The first-order chi connectivity index (χ1) is 18.9. The van der Waals surface area contributed by atoms with Crippen LogP contribution in [-0.4, -0.2) is 58.4 Å². The Morgan fingerprint density at radius 1 is 1.10 bits per heavy atom. The fraction of sp³-hybridized carbons (Fsp3) is 0.727. The predicted octanol–water partition coefficient (Wildman–Crippen LogP) is 5.00. The average Bonchev–Trinajstić information content (AvgIpc) is 3.67. The van der Waals surface area contributed by atoms with Crippen LogP contribution in [0.25, 0.3) is 0 Å². The Hall–Kier alpha value is -2.05. The third-order valence-electron chi connectivity index (χ3n) is 11.4. The smallest absolute Gasteiger partial charge is 0.226 e. The molecule has 4 bridgehead atoms. The van der Waals surface area contributed by atoms with Crippen LogP contribution in [0.5, 0.6) is 11.5 Å². The molecule has 2 heterocycles. The Balaban J connectivity index is 1.13. The molecule has 7 aliphatic rings. The van der Waals surface area contributed by atoms with Crippen LogP contribution in [0.2, 0.25) is 0 Å². The summed E-state index contributed by atoms with van der Waals surface area (Å²) in [4.78, 5) is 16.5. The number of carbonyl (C=O) groups is 1. The van der Waals surface area contributed by atoms with Gasteiger partial charge < -0.3 is 20.3 Å². The molecule has 1 aromatic rings. The van der Waals surface area contributed by atoms with Crippen LogP contribution in [0.1, 0.15) is 95.1 Å². The number of carbonyl (C=O) groups excluding carboxylic acids is 1. The summed E-state index contributed by atoms with van der Waals surface area (Å²) in [6.45, 7) is 5.02. The summed E-state index contributed by atoms with van der Waals surface area (Å²) in [5.74, 6) is 0.918. The number of phenolic OH excluding ortho intramolecular Hbond substituents is 1. The van der Waals surface area contributed by atoms with Gasteiger partial charge in [-0.1, -0.05) is 70.1 Å². The molecule has 2 spiro atoms. The fourth-order valence-corrected chi connectivity index (χ4v) is 9.38. The van der Waals surface area contributed by atoms with Gasteiger partial charge in [-0.05, 0) is 62.6 Å². The van der Waals surface area contributed by atoms with Gasteiger partial charge in [0.1, 0.15) is 11.7 Å². The van der Waals surface area contributed by atoms with E-state index in [2.05, 4.69) is 29.3 Å². The maximum atomic E-state index is 13.8. The minimum absolute atomic E-state index is 0.0413. The zero-order valence-electron chi connectivity index (χ0n) is 23.6. The molecule has 6 nitrogen and oxygen atoms in total. The number of hydrogen-bond donors (Lipinski definition) is 3. The largest absolute Gasteiger partial charge is 0.504 e. The second-order valence-corrected chi connectivity index (χ2v) is 13.6. The first-order valence-corrected chi connectivity index (χ1v) is 15.9. The van der Waals surface area contributed by atoms with Crippen molar-refractivity contribution in [3.8, 4) is 11.5 Å². The van der Waals surface area contributed by atoms with Gasteiger partial charge in [0.2, 0.25) is 5.91 Å². The van der Waals surface area contributed by atoms with Crippen LogP contribution in [0.3, 0.4) is 0 Å². The quantitative estimate of drug-likeness (QED) is 0.260. The van der Waals surface area contributed by atoms with Gasteiger partial charge in [-0.15, -0.1) is 0 Å². The van der Waals surface area contributed by atoms with Gasteiger partial charge in [0.25, 0.3) is 0 Å². The average molecular weight is 535 g/mol. The van der Waals surface area contributed by atoms with Crippen LogP contribution < -0.4 is 10.1 Å². The Morgan fingerprint density at radius 3 is 2.64 bits per heavy atom. The van der Waals surface area contributed by atoms with Gasteiger partial charge in [0.15, 0.2) is 11.5 Å². The number of unbranched alkanes of at least 4 members (excludes halogenated alkanes) is 7. The summed E-state index contributed by atoms with van der Waals surface area (Å²) in [5, 5.41) is 26.4. The number of aliphatic hydroxyl groups is 1. The van der Waals surface area contributed by atoms with E-state index >= 15 is 0 Å². The lowest BCUT2D eigenvalue weighted by molar-refractivity contribution is -0.206. The molecule has 8 rings (SSSR count). The lowest BCUT2D eigenvalue weighted by atomic mass is 9.37. The summed E-state index contributed by atoms with van der Waals surface area (Å²) in [6, 6.07) is 4.12. The minimum atomic E-state index is -1.38. The van der Waals surface area contributed by atoms with Crippen molar-refractivity contribution in [2.24, 2.45) is 17.3 Å². The summed E-state index contributed by atoms with van der Waals surface area (Å²) in [7, 11) is 0. The van der Waals surface area contributed by atoms with Crippen molar-refractivity contribution in [1.29, 1.82) is 0 Å². The molecule has 39 heavy (non-hydrogen) atoms. The zero-order valence-corrected chi connectivity index (χ0v) is 23.6. The van der Waals surface area contributed by atoms with Crippen molar-refractivity contribution in [2.75, 3.05) is 19.6 Å². The first kappa shape index (κ1) is 25.9. The highest BCUT2D eigenvalue weighted by atomic mass is 16.5. The molecule has 2 saturated carbocycles. The second-order valence-electron chi connectivity index (χ2n) is 13.6. The van der Waals surface area contributed by atoms with Gasteiger partial charge in [0, 0.05) is 30.1 Å². The van der Waals surface area contributed by atoms with E-state index in [0.29, 0.717) is 18.7 Å². The van der Waals surface area contributed by atoms with E-state index in [0.717, 1.165) is 50.3 Å². The van der Waals surface area contributed by atoms with Crippen LogP contribution in [0, 0.1) is 17.3 Å². The van der Waals surface area contributed by atoms with Crippen molar-refractivity contribution < 1.29 is 19.7 Å². The molecule has 5 aliphatic carbocycles. The third-order valence-corrected chi connectivity index (χ3v) is 11.4. The number of piperidine rings is 1. The second kappa shape index (κ2) is 9.51. The number of phenols is 1. The van der Waals surface area contributed by atoms with E-state index in [-0.39, 0.29) is 23.1 Å². The van der Waals surface area contributed by atoms with Crippen molar-refractivity contribution in [3.05, 3.63) is 35.4 Å². The lowest BCUT2D eigenvalue weighted by Gasteiger charge is -2.70. The summed E-state index contributed by atoms with van der Waals surface area (Å²) in [6.07, 6.45) is 18.6. The maximum absolute atomic E-state index is 13.8. The Labute approximate surface area is 233 Å². The molecule has 2 aliphatic heterocycles. The van der Waals surface area contributed by atoms with E-state index in [9.17, 15) is 15.0 Å². The molecule has 1 saturated heterocycles. The summed E-state index contributed by atoms with van der Waals surface area (Å²) in [5.41, 5.74) is 0.324. The lowest BCUT2D eigenvalue weighted by Crippen LogP contribution is -2.80. The number of nitrogens with zero attached hydrogens (tertiary/aromatic N) is 1. The van der Waals surface area contributed by atoms with Crippen LogP contribution in [-0.2, 0) is 16.6 Å². The van der Waals surface area contributed by atoms with Gasteiger partial charge in [-0.25, -0.2) is 0 Å². The molecule has 3 fully saturated rings. The van der Waals surface area contributed by atoms with Crippen molar-refractivity contribution in [2.45, 2.75) is 114 Å². The molecule has 1 amide bonds. The van der Waals surface area contributed by atoms with E-state index < -0.39 is 23.0 Å².